The maximum absolute atomic E-state index is 12.8. The first kappa shape index (κ1) is 27.2. The number of carboxylic acid groups (broad SMARTS) is 1. The van der Waals surface area contributed by atoms with Crippen LogP contribution in [0.15, 0.2) is 91.2 Å². The molecule has 6 nitrogen and oxygen atoms in total. The summed E-state index contributed by atoms with van der Waals surface area (Å²) in [6.45, 7) is -2.74. The van der Waals surface area contributed by atoms with E-state index in [1.807, 2.05) is 48.5 Å². The molecule has 0 bridgehead atoms. The van der Waals surface area contributed by atoms with Gasteiger partial charge in [0.25, 0.3) is 0 Å². The Morgan fingerprint density at radius 3 is 2.11 bits per heavy atom. The Hall–Kier alpha value is -3.81. The van der Waals surface area contributed by atoms with Gasteiger partial charge in [-0.3, -0.25) is 4.79 Å². The Kier molecular flexibility index (Phi) is 7.54. The van der Waals surface area contributed by atoms with Crippen LogP contribution in [0.3, 0.4) is 0 Å². The van der Waals surface area contributed by atoms with E-state index in [1.165, 1.54) is 6.07 Å². The van der Waals surface area contributed by atoms with E-state index in [0.29, 0.717) is 27.5 Å². The Balaban J connectivity index is 0.000000261. The molecule has 0 spiro atoms. The largest absolute Gasteiger partial charge is 0.544 e. The molecule has 0 saturated heterocycles. The standard InChI is InChI=1S/C22H12IO4.C4H3F5O2/c24-21-10-6-13-5-7-15(12-20(13)27-21)23-14-8-9-19-17(11-14)22(25)16-3-1-2-4-18(16)26-19;5-1-3(6,7)4(8,9)2(10)11/h1-12H;1H2,(H,10,11)/q+1;/p-1. The number of hydrogen-bond donors (Lipinski definition) is 0. The fraction of sp³-hybridized carbons (Fsp3) is 0.115. The molecule has 0 radical (unpaired) electrons. The van der Waals surface area contributed by atoms with E-state index in [1.54, 1.807) is 18.2 Å². The van der Waals surface area contributed by atoms with Gasteiger partial charge in [0.05, 0.1) is 10.8 Å². The molecule has 0 saturated carbocycles. The van der Waals surface area contributed by atoms with E-state index in [-0.39, 0.29) is 11.1 Å². The summed E-state index contributed by atoms with van der Waals surface area (Å²) < 4.78 is 71.1. The van der Waals surface area contributed by atoms with Crippen LogP contribution in [0, 0.1) is 7.14 Å². The molecule has 0 aliphatic heterocycles. The maximum Gasteiger partial charge on any atom is 0.358 e. The van der Waals surface area contributed by atoms with Crippen molar-refractivity contribution < 1.29 is 61.9 Å². The second-order valence-electron chi connectivity index (χ2n) is 7.80. The fourth-order valence-corrected chi connectivity index (χ4v) is 5.63. The molecule has 0 aliphatic rings. The molecule has 0 amide bonds. The van der Waals surface area contributed by atoms with Gasteiger partial charge in [0, 0.05) is 23.6 Å². The Morgan fingerprint density at radius 2 is 1.42 bits per heavy atom. The highest BCUT2D eigenvalue weighted by Gasteiger charge is 2.57. The predicted molar refractivity (Wildman–Crippen MR) is 121 cm³/mol. The predicted octanol–water partition coefficient (Wildman–Crippen LogP) is 1.16. The summed E-state index contributed by atoms with van der Waals surface area (Å²) in [6, 6.07) is 22.2. The molecule has 0 unspecified atom stereocenters. The van der Waals surface area contributed by atoms with Crippen molar-refractivity contribution in [2.24, 2.45) is 0 Å². The van der Waals surface area contributed by atoms with E-state index in [2.05, 4.69) is 0 Å². The minimum Gasteiger partial charge on any atom is -0.544 e. The van der Waals surface area contributed by atoms with Gasteiger partial charge in [0.15, 0.2) is 13.8 Å². The zero-order chi connectivity index (χ0) is 27.7. The van der Waals surface area contributed by atoms with Gasteiger partial charge in [-0.2, -0.15) is 17.6 Å². The molecular formula is C26H14F5IO6. The van der Waals surface area contributed by atoms with Crippen molar-refractivity contribution in [1.82, 2.24) is 0 Å². The summed E-state index contributed by atoms with van der Waals surface area (Å²) in [5, 5.41) is 11.4. The van der Waals surface area contributed by atoms with Gasteiger partial charge < -0.3 is 18.7 Å². The van der Waals surface area contributed by atoms with E-state index < -0.39 is 45.7 Å². The summed E-state index contributed by atoms with van der Waals surface area (Å²) in [4.78, 5) is 33.6. The van der Waals surface area contributed by atoms with Crippen LogP contribution in [0.25, 0.3) is 32.9 Å². The molecule has 0 atom stereocenters. The van der Waals surface area contributed by atoms with Crippen molar-refractivity contribution in [2.75, 3.05) is 6.67 Å². The summed E-state index contributed by atoms with van der Waals surface area (Å²) in [6.07, 6.45) is 0. The van der Waals surface area contributed by atoms with E-state index in [0.717, 1.165) is 12.5 Å². The summed E-state index contributed by atoms with van der Waals surface area (Å²) in [7, 11) is 0. The molecule has 12 heteroatoms. The molecule has 0 fully saturated rings. The van der Waals surface area contributed by atoms with Gasteiger partial charge in [-0.1, -0.05) is 12.1 Å². The first-order chi connectivity index (χ1) is 17.9. The first-order valence-corrected chi connectivity index (χ1v) is 12.8. The summed E-state index contributed by atoms with van der Waals surface area (Å²) in [5.41, 5.74) is 1.42. The first-order valence-electron chi connectivity index (χ1n) is 10.6. The number of hydrogen-bond acceptors (Lipinski definition) is 6. The minimum atomic E-state index is -5.46. The second-order valence-corrected chi connectivity index (χ2v) is 10.8. The highest BCUT2D eigenvalue weighted by atomic mass is 127. The van der Waals surface area contributed by atoms with Gasteiger partial charge in [-0.05, 0) is 42.5 Å². The zero-order valence-electron chi connectivity index (χ0n) is 18.9. The molecule has 3 aromatic carbocycles. The quantitative estimate of drug-likeness (QED) is 0.123. The van der Waals surface area contributed by atoms with Crippen LogP contribution in [0.4, 0.5) is 22.0 Å². The molecule has 5 rings (SSSR count). The maximum atomic E-state index is 12.8. The van der Waals surface area contributed by atoms with Crippen molar-refractivity contribution in [2.45, 2.75) is 11.8 Å². The monoisotopic (exact) mass is 644 g/mol. The van der Waals surface area contributed by atoms with Crippen LogP contribution >= 0.6 is 0 Å². The van der Waals surface area contributed by atoms with Gasteiger partial charge in [0.2, 0.25) is 5.43 Å². The lowest BCUT2D eigenvalue weighted by molar-refractivity contribution is -0.597. The highest BCUT2D eigenvalue weighted by Crippen LogP contribution is 2.33. The zero-order valence-corrected chi connectivity index (χ0v) is 21.0. The van der Waals surface area contributed by atoms with Crippen LogP contribution in [-0.2, 0) is 4.79 Å². The number of aliphatic carboxylic acids is 1. The minimum absolute atomic E-state index is 0.0118. The van der Waals surface area contributed by atoms with Gasteiger partial charge in [-0.15, -0.1) is 0 Å². The Bertz CT molecular complexity index is 1780. The number of rotatable bonds is 5. The van der Waals surface area contributed by atoms with E-state index in [4.69, 9.17) is 8.83 Å². The number of halogens is 6. The smallest absolute Gasteiger partial charge is 0.358 e. The third-order valence-corrected chi connectivity index (χ3v) is 7.81. The molecule has 0 aliphatic carbocycles. The van der Waals surface area contributed by atoms with Crippen molar-refractivity contribution in [3.05, 3.63) is 101 Å². The number of benzene rings is 3. The van der Waals surface area contributed by atoms with Gasteiger partial charge in [-0.25, -0.2) is 9.18 Å². The number of fused-ring (bicyclic) bond motifs is 3. The number of alkyl halides is 5. The third kappa shape index (κ3) is 5.39. The van der Waals surface area contributed by atoms with Crippen molar-refractivity contribution >= 4 is 38.9 Å². The van der Waals surface area contributed by atoms with E-state index in [9.17, 15) is 41.4 Å². The molecule has 2 heterocycles. The average Bonchev–Trinajstić information content (AvgIpc) is 2.89. The molecule has 38 heavy (non-hydrogen) atoms. The number of carbonyl (C=O) groups excluding carboxylic acids is 1. The molecule has 5 aromatic rings. The molecule has 0 N–H and O–H groups in total. The van der Waals surface area contributed by atoms with Crippen LogP contribution in [-0.4, -0.2) is 24.5 Å². The average molecular weight is 644 g/mol. The molecular weight excluding hydrogens is 630 g/mol. The number of carbonyl (C=O) groups is 1. The van der Waals surface area contributed by atoms with Crippen LogP contribution < -0.4 is 37.4 Å². The fourth-order valence-electron chi connectivity index (χ4n) is 3.29. The van der Waals surface area contributed by atoms with Crippen LogP contribution in [0.1, 0.15) is 0 Å². The Labute approximate surface area is 219 Å². The van der Waals surface area contributed by atoms with Crippen LogP contribution in [0.2, 0.25) is 0 Å². The summed E-state index contributed by atoms with van der Waals surface area (Å²) in [5.74, 6) is -14.0. The van der Waals surface area contributed by atoms with Gasteiger partial charge in [0.1, 0.15) is 22.7 Å². The third-order valence-electron chi connectivity index (χ3n) is 5.22. The lowest BCUT2D eigenvalue weighted by Crippen LogP contribution is -3.61. The van der Waals surface area contributed by atoms with Crippen molar-refractivity contribution in [1.29, 1.82) is 0 Å². The number of para-hydroxylation sites is 1. The number of carboxylic acids is 1. The van der Waals surface area contributed by atoms with Gasteiger partial charge >= 0.3 is 38.7 Å². The van der Waals surface area contributed by atoms with Crippen molar-refractivity contribution in [3.8, 4) is 0 Å². The lowest BCUT2D eigenvalue weighted by Gasteiger charge is -2.24. The van der Waals surface area contributed by atoms with Crippen LogP contribution in [0.5, 0.6) is 0 Å². The topological polar surface area (TPSA) is 101 Å². The molecule has 2 aromatic heterocycles. The second kappa shape index (κ2) is 10.5. The normalized spacial score (nSPS) is 11.9. The lowest BCUT2D eigenvalue weighted by atomic mass is 10.1. The SMILES string of the molecule is O=C([O-])C(F)(F)C(F)(F)CF.O=c1ccc2ccc([I+]c3ccc4oc5ccccc5c(=O)c4c3)cc2o1. The molecule has 196 valence electrons. The summed E-state index contributed by atoms with van der Waals surface area (Å²) >= 11 is -0.530. The van der Waals surface area contributed by atoms with E-state index >= 15 is 0 Å². The highest BCUT2D eigenvalue weighted by molar-refractivity contribution is 5.89. The Morgan fingerprint density at radius 1 is 0.789 bits per heavy atom. The van der Waals surface area contributed by atoms with Crippen molar-refractivity contribution in [3.63, 3.8) is 0 Å².